The Labute approximate surface area is 90.5 Å². The molecule has 0 atom stereocenters. The molecule has 0 saturated heterocycles. The number of hydrogen-bond donors (Lipinski definition) is 0. The standard InChI is InChI=1S/C9H12Br2Si/c1-2-12(10,11)8-9-6-4-3-5-7-9/h3-7H,2,8H2,1H3. The van der Waals surface area contributed by atoms with E-state index in [1.807, 2.05) is 0 Å². The van der Waals surface area contributed by atoms with Crippen molar-refractivity contribution < 1.29 is 0 Å². The predicted molar refractivity (Wildman–Crippen MR) is 64.2 cm³/mol. The van der Waals surface area contributed by atoms with Crippen LogP contribution in [0.15, 0.2) is 30.3 Å². The van der Waals surface area contributed by atoms with E-state index in [4.69, 9.17) is 0 Å². The van der Waals surface area contributed by atoms with Gasteiger partial charge in [-0.05, 0) is 17.7 Å². The summed E-state index contributed by atoms with van der Waals surface area (Å²) in [6, 6.07) is 13.0. The first-order valence-corrected chi connectivity index (χ1v) is 11.0. The number of benzene rings is 1. The quantitative estimate of drug-likeness (QED) is 0.584. The van der Waals surface area contributed by atoms with E-state index in [0.717, 1.165) is 6.04 Å². The van der Waals surface area contributed by atoms with Gasteiger partial charge in [0.25, 0.3) is 0 Å². The smallest absolute Gasteiger partial charge is 0.111 e. The third-order valence-corrected chi connectivity index (χ3v) is 8.83. The molecule has 1 aromatic rings. The number of hydrogen-bond acceptors (Lipinski definition) is 0. The summed E-state index contributed by atoms with van der Waals surface area (Å²) in [5.74, 6) is 0. The molecule has 0 amide bonds. The summed E-state index contributed by atoms with van der Waals surface area (Å²) in [6.07, 6.45) is 0. The van der Waals surface area contributed by atoms with Crippen LogP contribution in [0.5, 0.6) is 0 Å². The van der Waals surface area contributed by atoms with Crippen molar-refractivity contribution in [3.8, 4) is 0 Å². The molecule has 0 unspecified atom stereocenters. The fourth-order valence-electron chi connectivity index (χ4n) is 1.02. The lowest BCUT2D eigenvalue weighted by Gasteiger charge is -2.14. The normalized spacial score (nSPS) is 11.6. The Morgan fingerprint density at radius 3 is 2.25 bits per heavy atom. The first-order chi connectivity index (χ1) is 5.64. The minimum atomic E-state index is -1.29. The van der Waals surface area contributed by atoms with Crippen LogP contribution < -0.4 is 0 Å². The molecule has 0 aliphatic heterocycles. The first kappa shape index (κ1) is 10.5. The molecule has 0 heterocycles. The fraction of sp³-hybridized carbons (Fsp3) is 0.333. The minimum Gasteiger partial charge on any atom is -0.111 e. The minimum absolute atomic E-state index is 1.16. The van der Waals surface area contributed by atoms with Crippen LogP contribution in [0.1, 0.15) is 12.5 Å². The highest BCUT2D eigenvalue weighted by atomic mass is 79.9. The summed E-state index contributed by atoms with van der Waals surface area (Å²) in [5.41, 5.74) is 1.42. The zero-order chi connectivity index (χ0) is 9.03. The summed E-state index contributed by atoms with van der Waals surface area (Å²) < 4.78 is 0. The van der Waals surface area contributed by atoms with Crippen LogP contribution in [-0.4, -0.2) is 5.31 Å². The van der Waals surface area contributed by atoms with Crippen molar-refractivity contribution in [1.82, 2.24) is 0 Å². The molecule has 0 aromatic heterocycles. The van der Waals surface area contributed by atoms with Crippen LogP contribution in [0.4, 0.5) is 0 Å². The molecule has 0 fully saturated rings. The summed E-state index contributed by atoms with van der Waals surface area (Å²) in [4.78, 5) is 0. The maximum absolute atomic E-state index is 3.77. The Hall–Kier alpha value is 0.397. The van der Waals surface area contributed by atoms with E-state index in [1.54, 1.807) is 0 Å². The molecule has 0 spiro atoms. The summed E-state index contributed by atoms with van der Waals surface area (Å²) in [6.45, 7) is 2.22. The third kappa shape index (κ3) is 3.41. The summed E-state index contributed by atoms with van der Waals surface area (Å²) in [7, 11) is 0. The second-order valence-electron chi connectivity index (χ2n) is 2.87. The fourth-order valence-corrected chi connectivity index (χ4v) is 4.04. The molecule has 0 saturated carbocycles. The van der Waals surface area contributed by atoms with E-state index in [9.17, 15) is 0 Å². The Morgan fingerprint density at radius 1 is 1.17 bits per heavy atom. The van der Waals surface area contributed by atoms with Gasteiger partial charge in [0.1, 0.15) is 0 Å². The van der Waals surface area contributed by atoms with Crippen molar-refractivity contribution in [3.05, 3.63) is 35.9 Å². The second-order valence-corrected chi connectivity index (χ2v) is 17.9. The molecule has 0 bridgehead atoms. The Morgan fingerprint density at radius 2 is 1.75 bits per heavy atom. The number of rotatable bonds is 3. The van der Waals surface area contributed by atoms with Crippen molar-refractivity contribution >= 4 is 35.9 Å². The average molecular weight is 308 g/mol. The summed E-state index contributed by atoms with van der Waals surface area (Å²) >= 11 is 7.55. The van der Waals surface area contributed by atoms with E-state index in [1.165, 1.54) is 11.6 Å². The van der Waals surface area contributed by atoms with Gasteiger partial charge in [-0.15, -0.1) is 30.6 Å². The lowest BCUT2D eigenvalue weighted by atomic mass is 10.2. The maximum atomic E-state index is 3.77. The topological polar surface area (TPSA) is 0 Å². The number of halogens is 2. The largest absolute Gasteiger partial charge is 0.205 e. The lowest BCUT2D eigenvalue weighted by Crippen LogP contribution is -2.19. The van der Waals surface area contributed by atoms with Gasteiger partial charge in [0.2, 0.25) is 5.31 Å². The zero-order valence-electron chi connectivity index (χ0n) is 7.06. The molecule has 0 N–H and O–H groups in total. The second kappa shape index (κ2) is 4.58. The predicted octanol–water partition coefficient (Wildman–Crippen LogP) is 4.02. The van der Waals surface area contributed by atoms with Gasteiger partial charge in [-0.1, -0.05) is 37.3 Å². The van der Waals surface area contributed by atoms with E-state index < -0.39 is 5.31 Å². The van der Waals surface area contributed by atoms with E-state index in [0.29, 0.717) is 0 Å². The SMILES string of the molecule is CC[Si](Br)(Br)Cc1ccccc1. The first-order valence-electron chi connectivity index (χ1n) is 4.06. The van der Waals surface area contributed by atoms with E-state index in [2.05, 4.69) is 67.8 Å². The van der Waals surface area contributed by atoms with Crippen LogP contribution in [0.25, 0.3) is 0 Å². The highest BCUT2D eigenvalue weighted by Gasteiger charge is 2.23. The van der Waals surface area contributed by atoms with Crippen molar-refractivity contribution in [2.24, 2.45) is 0 Å². The van der Waals surface area contributed by atoms with Crippen molar-refractivity contribution in [3.63, 3.8) is 0 Å². The lowest BCUT2D eigenvalue weighted by molar-refractivity contribution is 1.31. The Kier molecular flexibility index (Phi) is 4.00. The third-order valence-electron chi connectivity index (χ3n) is 1.82. The average Bonchev–Trinajstić information content (AvgIpc) is 2.06. The van der Waals surface area contributed by atoms with Crippen LogP contribution in [0.3, 0.4) is 0 Å². The van der Waals surface area contributed by atoms with Gasteiger partial charge >= 0.3 is 0 Å². The van der Waals surface area contributed by atoms with E-state index >= 15 is 0 Å². The van der Waals surface area contributed by atoms with Gasteiger partial charge in [-0.3, -0.25) is 0 Å². The van der Waals surface area contributed by atoms with Crippen LogP contribution >= 0.6 is 30.6 Å². The molecule has 0 aliphatic rings. The van der Waals surface area contributed by atoms with Gasteiger partial charge in [-0.25, -0.2) is 0 Å². The molecular formula is C9H12Br2Si. The molecule has 0 aliphatic carbocycles. The zero-order valence-corrected chi connectivity index (χ0v) is 11.2. The Balaban J connectivity index is 2.64. The van der Waals surface area contributed by atoms with E-state index in [-0.39, 0.29) is 0 Å². The Bertz CT molecular complexity index is 234. The monoisotopic (exact) mass is 306 g/mol. The van der Waals surface area contributed by atoms with Gasteiger partial charge in [0.05, 0.1) is 0 Å². The van der Waals surface area contributed by atoms with Crippen LogP contribution in [0.2, 0.25) is 6.04 Å². The highest BCUT2D eigenvalue weighted by molar-refractivity contribution is 9.51. The molecular weight excluding hydrogens is 296 g/mol. The summed E-state index contributed by atoms with van der Waals surface area (Å²) in [5, 5.41) is -1.29. The molecule has 12 heavy (non-hydrogen) atoms. The maximum Gasteiger partial charge on any atom is 0.205 e. The van der Waals surface area contributed by atoms with Crippen molar-refractivity contribution in [2.75, 3.05) is 0 Å². The van der Waals surface area contributed by atoms with Gasteiger partial charge in [0.15, 0.2) is 0 Å². The molecule has 0 radical (unpaired) electrons. The van der Waals surface area contributed by atoms with Crippen molar-refractivity contribution in [1.29, 1.82) is 0 Å². The van der Waals surface area contributed by atoms with Crippen LogP contribution in [0, 0.1) is 0 Å². The molecule has 66 valence electrons. The van der Waals surface area contributed by atoms with Crippen molar-refractivity contribution in [2.45, 2.75) is 19.0 Å². The molecule has 0 nitrogen and oxygen atoms in total. The highest BCUT2D eigenvalue weighted by Crippen LogP contribution is 2.28. The molecule has 1 aromatic carbocycles. The van der Waals surface area contributed by atoms with Gasteiger partial charge in [-0.2, -0.15) is 0 Å². The molecule has 3 heteroatoms. The van der Waals surface area contributed by atoms with Crippen LogP contribution in [-0.2, 0) is 6.04 Å². The van der Waals surface area contributed by atoms with Gasteiger partial charge < -0.3 is 0 Å². The molecule has 1 rings (SSSR count). The van der Waals surface area contributed by atoms with Gasteiger partial charge in [0, 0.05) is 0 Å².